The molecule has 2 amide bonds. The van der Waals surface area contributed by atoms with Crippen molar-refractivity contribution in [1.82, 2.24) is 5.32 Å². The van der Waals surface area contributed by atoms with E-state index >= 15 is 0 Å². The van der Waals surface area contributed by atoms with Crippen molar-refractivity contribution in [3.8, 4) is 0 Å². The van der Waals surface area contributed by atoms with Gasteiger partial charge in [-0.3, -0.25) is 9.59 Å². The molecule has 2 aromatic carbocycles. The molecule has 0 aliphatic heterocycles. The highest BCUT2D eigenvalue weighted by Crippen LogP contribution is 2.34. The molecule has 32 heavy (non-hydrogen) atoms. The van der Waals surface area contributed by atoms with Gasteiger partial charge in [0.2, 0.25) is 0 Å². The second-order valence-electron chi connectivity index (χ2n) is 6.93. The molecule has 0 spiro atoms. The number of rotatable bonds is 8. The van der Waals surface area contributed by atoms with Crippen molar-refractivity contribution in [2.24, 2.45) is 0 Å². The zero-order valence-electron chi connectivity index (χ0n) is 17.7. The lowest BCUT2D eigenvalue weighted by Gasteiger charge is -2.07. The number of nitrogens with one attached hydrogen (secondary N) is 2. The molecule has 0 atom stereocenters. The summed E-state index contributed by atoms with van der Waals surface area (Å²) in [5.74, 6) is -1.30. The van der Waals surface area contributed by atoms with Crippen LogP contribution in [0.2, 0.25) is 5.02 Å². The molecule has 0 saturated carbocycles. The first-order valence-corrected chi connectivity index (χ1v) is 11.3. The Morgan fingerprint density at radius 1 is 1.00 bits per heavy atom. The summed E-state index contributed by atoms with van der Waals surface area (Å²) in [6.45, 7) is 3.99. The predicted molar refractivity (Wildman–Crippen MR) is 127 cm³/mol. The van der Waals surface area contributed by atoms with Crippen LogP contribution in [0.3, 0.4) is 0 Å². The highest BCUT2D eigenvalue weighted by molar-refractivity contribution is 7.18. The van der Waals surface area contributed by atoms with Gasteiger partial charge in [0, 0.05) is 17.1 Å². The van der Waals surface area contributed by atoms with Crippen molar-refractivity contribution in [3.05, 3.63) is 86.8 Å². The van der Waals surface area contributed by atoms with Gasteiger partial charge in [0.1, 0.15) is 5.00 Å². The number of ether oxygens (including phenoxy) is 1. The third kappa shape index (κ3) is 5.75. The number of carbonyl (C=O) groups excluding carboxylic acids is 3. The molecule has 0 fully saturated rings. The molecule has 0 unspecified atom stereocenters. The van der Waals surface area contributed by atoms with E-state index in [0.717, 1.165) is 16.9 Å². The summed E-state index contributed by atoms with van der Waals surface area (Å²) in [4.78, 5) is 38.4. The number of thiophene rings is 1. The SMILES string of the molecule is CCOC(=O)c1c(NC(=O)c2ccc(Cl)cc2)sc(C(=O)NCCc2ccccc2)c1C. The third-order valence-electron chi connectivity index (χ3n) is 4.71. The molecule has 0 radical (unpaired) electrons. The summed E-state index contributed by atoms with van der Waals surface area (Å²) in [5, 5.41) is 6.40. The second-order valence-corrected chi connectivity index (χ2v) is 8.39. The van der Waals surface area contributed by atoms with E-state index in [-0.39, 0.29) is 23.1 Å². The molecule has 1 heterocycles. The van der Waals surface area contributed by atoms with Gasteiger partial charge >= 0.3 is 5.97 Å². The van der Waals surface area contributed by atoms with Crippen molar-refractivity contribution in [2.75, 3.05) is 18.5 Å². The molecule has 2 N–H and O–H groups in total. The predicted octanol–water partition coefficient (Wildman–Crippen LogP) is 5.11. The van der Waals surface area contributed by atoms with E-state index in [4.69, 9.17) is 16.3 Å². The number of halogens is 1. The Labute approximate surface area is 195 Å². The Balaban J connectivity index is 1.80. The van der Waals surface area contributed by atoms with E-state index in [1.54, 1.807) is 38.1 Å². The van der Waals surface area contributed by atoms with Crippen LogP contribution in [0.15, 0.2) is 54.6 Å². The normalized spacial score (nSPS) is 10.5. The Bertz CT molecular complexity index is 1110. The maximum Gasteiger partial charge on any atom is 0.341 e. The fraction of sp³-hybridized carbons (Fsp3) is 0.208. The van der Waals surface area contributed by atoms with Crippen LogP contribution in [0.4, 0.5) is 5.00 Å². The zero-order valence-corrected chi connectivity index (χ0v) is 19.3. The van der Waals surface area contributed by atoms with Crippen LogP contribution in [0.25, 0.3) is 0 Å². The number of carbonyl (C=O) groups is 3. The first-order chi connectivity index (χ1) is 15.4. The van der Waals surface area contributed by atoms with Crippen LogP contribution < -0.4 is 10.6 Å². The first-order valence-electron chi connectivity index (χ1n) is 10.1. The summed E-state index contributed by atoms with van der Waals surface area (Å²) >= 11 is 6.93. The summed E-state index contributed by atoms with van der Waals surface area (Å²) in [6, 6.07) is 16.2. The number of benzene rings is 2. The van der Waals surface area contributed by atoms with Gasteiger partial charge in [-0.05, 0) is 55.7 Å². The Kier molecular flexibility index (Phi) is 8.03. The number of hydrogen-bond acceptors (Lipinski definition) is 5. The molecule has 0 bridgehead atoms. The van der Waals surface area contributed by atoms with Crippen molar-refractivity contribution in [3.63, 3.8) is 0 Å². The van der Waals surface area contributed by atoms with Gasteiger partial charge in [-0.1, -0.05) is 41.9 Å². The minimum Gasteiger partial charge on any atom is -0.462 e. The molecule has 0 saturated heterocycles. The molecular formula is C24H23ClN2O4S. The summed E-state index contributed by atoms with van der Waals surface area (Å²) in [5.41, 5.74) is 2.15. The van der Waals surface area contributed by atoms with Crippen molar-refractivity contribution in [2.45, 2.75) is 20.3 Å². The minimum absolute atomic E-state index is 0.178. The average Bonchev–Trinajstić information content (AvgIpc) is 3.10. The quantitative estimate of drug-likeness (QED) is 0.448. The molecule has 3 aromatic rings. The average molecular weight is 471 g/mol. The molecule has 0 aliphatic rings. The molecule has 1 aromatic heterocycles. The highest BCUT2D eigenvalue weighted by Gasteiger charge is 2.26. The number of amides is 2. The van der Waals surface area contributed by atoms with E-state index in [9.17, 15) is 14.4 Å². The maximum absolute atomic E-state index is 12.8. The van der Waals surface area contributed by atoms with Crippen LogP contribution in [-0.4, -0.2) is 30.9 Å². The van der Waals surface area contributed by atoms with Gasteiger partial charge in [0.25, 0.3) is 11.8 Å². The highest BCUT2D eigenvalue weighted by atomic mass is 35.5. The molecular weight excluding hydrogens is 448 g/mol. The Hall–Kier alpha value is -3.16. The number of hydrogen-bond donors (Lipinski definition) is 2. The van der Waals surface area contributed by atoms with E-state index in [0.29, 0.717) is 34.0 Å². The fourth-order valence-corrected chi connectivity index (χ4v) is 4.32. The maximum atomic E-state index is 12.8. The van der Waals surface area contributed by atoms with Gasteiger partial charge in [-0.2, -0.15) is 0 Å². The molecule has 8 heteroatoms. The summed E-state index contributed by atoms with van der Waals surface area (Å²) in [6.07, 6.45) is 0.682. The van der Waals surface area contributed by atoms with Crippen LogP contribution in [0.5, 0.6) is 0 Å². The molecule has 6 nitrogen and oxygen atoms in total. The summed E-state index contributed by atoms with van der Waals surface area (Å²) < 4.78 is 5.15. The van der Waals surface area contributed by atoms with Crippen molar-refractivity contribution < 1.29 is 19.1 Å². The smallest absolute Gasteiger partial charge is 0.341 e. The number of esters is 1. The standard InChI is InChI=1S/C24H23ClN2O4S/c1-3-31-24(30)19-15(2)20(22(29)26-14-13-16-7-5-4-6-8-16)32-23(19)27-21(28)17-9-11-18(25)12-10-17/h4-12H,3,13-14H2,1-2H3,(H,26,29)(H,27,28). The van der Waals surface area contributed by atoms with Crippen LogP contribution in [0, 0.1) is 6.92 Å². The van der Waals surface area contributed by atoms with Gasteiger partial charge in [-0.25, -0.2) is 4.79 Å². The lowest BCUT2D eigenvalue weighted by Crippen LogP contribution is -2.25. The van der Waals surface area contributed by atoms with Crippen LogP contribution in [0.1, 0.15) is 48.4 Å². The summed E-state index contributed by atoms with van der Waals surface area (Å²) in [7, 11) is 0. The van der Waals surface area contributed by atoms with Crippen LogP contribution >= 0.6 is 22.9 Å². The van der Waals surface area contributed by atoms with E-state index in [1.807, 2.05) is 30.3 Å². The van der Waals surface area contributed by atoms with Crippen molar-refractivity contribution >= 4 is 45.7 Å². The zero-order chi connectivity index (χ0) is 23.1. The van der Waals surface area contributed by atoms with Crippen LogP contribution in [-0.2, 0) is 11.2 Å². The minimum atomic E-state index is -0.587. The number of anilines is 1. The van der Waals surface area contributed by atoms with Gasteiger partial charge < -0.3 is 15.4 Å². The Morgan fingerprint density at radius 2 is 1.69 bits per heavy atom. The van der Waals surface area contributed by atoms with Gasteiger partial charge in [0.05, 0.1) is 17.0 Å². The Morgan fingerprint density at radius 3 is 2.34 bits per heavy atom. The van der Waals surface area contributed by atoms with Gasteiger partial charge in [-0.15, -0.1) is 11.3 Å². The lowest BCUT2D eigenvalue weighted by atomic mass is 10.1. The first kappa shape index (κ1) is 23.5. The van der Waals surface area contributed by atoms with Gasteiger partial charge in [0.15, 0.2) is 0 Å². The largest absolute Gasteiger partial charge is 0.462 e. The van der Waals surface area contributed by atoms with Crippen molar-refractivity contribution in [1.29, 1.82) is 0 Å². The monoisotopic (exact) mass is 470 g/mol. The topological polar surface area (TPSA) is 84.5 Å². The lowest BCUT2D eigenvalue weighted by molar-refractivity contribution is 0.0527. The van der Waals surface area contributed by atoms with E-state index in [1.165, 1.54) is 0 Å². The molecule has 3 rings (SSSR count). The molecule has 0 aliphatic carbocycles. The van der Waals surface area contributed by atoms with E-state index in [2.05, 4.69) is 10.6 Å². The third-order valence-corrected chi connectivity index (χ3v) is 6.17. The second kappa shape index (κ2) is 10.9. The van der Waals surface area contributed by atoms with E-state index < -0.39 is 11.9 Å². The molecule has 166 valence electrons. The fourth-order valence-electron chi connectivity index (χ4n) is 3.09.